The number of nitrogens with one attached hydrogen (secondary N) is 1. The number of aromatic nitrogens is 3. The van der Waals surface area contributed by atoms with Gasteiger partial charge in [-0.15, -0.1) is 5.10 Å². The largest absolute Gasteiger partial charge is 0.353 e. The molecule has 4 rings (SSSR count). The first-order valence-corrected chi connectivity index (χ1v) is 8.85. The third kappa shape index (κ3) is 3.58. The Kier molecular flexibility index (Phi) is 4.40. The monoisotopic (exact) mass is 357 g/mol. The van der Waals surface area contributed by atoms with Gasteiger partial charge in [0.25, 0.3) is 5.91 Å². The minimum Gasteiger partial charge on any atom is -0.353 e. The van der Waals surface area contributed by atoms with Gasteiger partial charge >= 0.3 is 0 Å². The van der Waals surface area contributed by atoms with E-state index in [2.05, 4.69) is 15.6 Å². The van der Waals surface area contributed by atoms with Crippen LogP contribution in [0.4, 0.5) is 4.39 Å². The Hall–Kier alpha value is -2.77. The van der Waals surface area contributed by atoms with E-state index in [0.29, 0.717) is 44.1 Å². The summed E-state index contributed by atoms with van der Waals surface area (Å²) in [5.41, 5.74) is 2.08. The predicted octanol–water partition coefficient (Wildman–Crippen LogP) is 1.28. The molecule has 136 valence electrons. The molecular weight excluding hydrogens is 337 g/mol. The van der Waals surface area contributed by atoms with Gasteiger partial charge in [-0.1, -0.05) is 5.21 Å². The van der Waals surface area contributed by atoms with E-state index < -0.39 is 0 Å². The van der Waals surface area contributed by atoms with E-state index in [0.717, 1.165) is 24.2 Å². The van der Waals surface area contributed by atoms with Crippen LogP contribution in [-0.2, 0) is 24.3 Å². The number of halogens is 1. The van der Waals surface area contributed by atoms with Crippen molar-refractivity contribution in [1.29, 1.82) is 0 Å². The third-order valence-corrected chi connectivity index (χ3v) is 4.75. The Morgan fingerprint density at radius 1 is 1.19 bits per heavy atom. The second-order valence-corrected chi connectivity index (χ2v) is 6.78. The molecule has 8 heteroatoms. The van der Waals surface area contributed by atoms with Gasteiger partial charge in [-0.3, -0.25) is 9.59 Å². The van der Waals surface area contributed by atoms with Crippen LogP contribution < -0.4 is 5.32 Å². The fraction of sp³-hybridized carbons (Fsp3) is 0.444. The van der Waals surface area contributed by atoms with E-state index in [1.165, 1.54) is 24.3 Å². The molecule has 0 saturated heterocycles. The molecule has 2 aliphatic rings. The van der Waals surface area contributed by atoms with Gasteiger partial charge in [0.1, 0.15) is 5.82 Å². The van der Waals surface area contributed by atoms with E-state index >= 15 is 0 Å². The lowest BCUT2D eigenvalue weighted by molar-refractivity contribution is -0.121. The van der Waals surface area contributed by atoms with Gasteiger partial charge in [0.2, 0.25) is 5.91 Å². The van der Waals surface area contributed by atoms with E-state index in [4.69, 9.17) is 0 Å². The van der Waals surface area contributed by atoms with Gasteiger partial charge in [-0.25, -0.2) is 9.07 Å². The molecule has 1 N–H and O–H groups in total. The van der Waals surface area contributed by atoms with E-state index in [9.17, 15) is 14.0 Å². The molecule has 1 aromatic heterocycles. The highest BCUT2D eigenvalue weighted by atomic mass is 19.1. The molecule has 2 amide bonds. The van der Waals surface area contributed by atoms with Crippen molar-refractivity contribution in [3.05, 3.63) is 47.0 Å². The normalized spacial score (nSPS) is 16.3. The first-order chi connectivity index (χ1) is 12.6. The lowest BCUT2D eigenvalue weighted by Gasteiger charge is -2.27. The van der Waals surface area contributed by atoms with Crippen molar-refractivity contribution in [2.75, 3.05) is 6.54 Å². The maximum Gasteiger partial charge on any atom is 0.254 e. The highest BCUT2D eigenvalue weighted by Gasteiger charge is 2.27. The molecule has 0 atom stereocenters. The van der Waals surface area contributed by atoms with Crippen molar-refractivity contribution < 1.29 is 14.0 Å². The maximum absolute atomic E-state index is 13.1. The van der Waals surface area contributed by atoms with Crippen molar-refractivity contribution in [1.82, 2.24) is 25.2 Å². The van der Waals surface area contributed by atoms with Crippen LogP contribution in [0.15, 0.2) is 24.3 Å². The van der Waals surface area contributed by atoms with Gasteiger partial charge in [0, 0.05) is 31.0 Å². The summed E-state index contributed by atoms with van der Waals surface area (Å²) in [5.74, 6) is -0.478. The molecule has 0 radical (unpaired) electrons. The SMILES string of the molecule is O=C(CCc1nnn2c1CN(C(=O)c1ccc(F)cc1)CC2)NC1CC1. The van der Waals surface area contributed by atoms with Gasteiger partial charge in [0.15, 0.2) is 0 Å². The molecule has 1 aliphatic heterocycles. The molecule has 1 fully saturated rings. The van der Waals surface area contributed by atoms with Crippen molar-refractivity contribution in [2.45, 2.75) is 44.8 Å². The Morgan fingerprint density at radius 2 is 1.96 bits per heavy atom. The minimum absolute atomic E-state index is 0.0318. The number of nitrogens with zero attached hydrogens (tertiary/aromatic N) is 4. The molecule has 7 nitrogen and oxygen atoms in total. The van der Waals surface area contributed by atoms with Gasteiger partial charge in [-0.2, -0.15) is 0 Å². The average Bonchev–Trinajstić information content (AvgIpc) is 3.37. The van der Waals surface area contributed by atoms with Crippen LogP contribution in [0, 0.1) is 5.82 Å². The first-order valence-electron chi connectivity index (χ1n) is 8.85. The lowest BCUT2D eigenvalue weighted by Crippen LogP contribution is -2.38. The summed E-state index contributed by atoms with van der Waals surface area (Å²) >= 11 is 0. The number of hydrogen-bond acceptors (Lipinski definition) is 4. The van der Waals surface area contributed by atoms with E-state index in [1.807, 2.05) is 0 Å². The van der Waals surface area contributed by atoms with Crippen LogP contribution in [0.3, 0.4) is 0 Å². The quantitative estimate of drug-likeness (QED) is 0.874. The van der Waals surface area contributed by atoms with E-state index in [-0.39, 0.29) is 17.6 Å². The zero-order valence-corrected chi connectivity index (χ0v) is 14.3. The number of fused-ring (bicyclic) bond motifs is 1. The minimum atomic E-state index is -0.366. The van der Waals surface area contributed by atoms with Crippen LogP contribution in [-0.4, -0.2) is 44.3 Å². The van der Waals surface area contributed by atoms with Crippen LogP contribution in [0.5, 0.6) is 0 Å². The summed E-state index contributed by atoms with van der Waals surface area (Å²) < 4.78 is 14.9. The van der Waals surface area contributed by atoms with Crippen molar-refractivity contribution in [2.24, 2.45) is 0 Å². The number of carbonyl (C=O) groups is 2. The zero-order valence-electron chi connectivity index (χ0n) is 14.3. The van der Waals surface area contributed by atoms with Crippen molar-refractivity contribution in [3.63, 3.8) is 0 Å². The number of rotatable bonds is 5. The summed E-state index contributed by atoms with van der Waals surface area (Å²) in [6.45, 7) is 1.47. The average molecular weight is 357 g/mol. The highest BCUT2D eigenvalue weighted by molar-refractivity contribution is 5.94. The van der Waals surface area contributed by atoms with Crippen molar-refractivity contribution in [3.8, 4) is 0 Å². The second kappa shape index (κ2) is 6.86. The summed E-state index contributed by atoms with van der Waals surface area (Å²) in [7, 11) is 0. The lowest BCUT2D eigenvalue weighted by atomic mass is 10.1. The fourth-order valence-electron chi connectivity index (χ4n) is 3.10. The van der Waals surface area contributed by atoms with Crippen LogP contribution >= 0.6 is 0 Å². The molecule has 1 aromatic carbocycles. The van der Waals surface area contributed by atoms with Crippen molar-refractivity contribution >= 4 is 11.8 Å². The number of carbonyl (C=O) groups excluding carboxylic acids is 2. The third-order valence-electron chi connectivity index (χ3n) is 4.75. The topological polar surface area (TPSA) is 80.1 Å². The van der Waals surface area contributed by atoms with Gasteiger partial charge < -0.3 is 10.2 Å². The Labute approximate surface area is 150 Å². The van der Waals surface area contributed by atoms with Crippen LogP contribution in [0.2, 0.25) is 0 Å². The highest BCUT2D eigenvalue weighted by Crippen LogP contribution is 2.20. The summed E-state index contributed by atoms with van der Waals surface area (Å²) in [5, 5.41) is 11.3. The Morgan fingerprint density at radius 3 is 2.69 bits per heavy atom. The summed E-state index contributed by atoms with van der Waals surface area (Å²) in [6.07, 6.45) is 3.00. The molecular formula is C18H20FN5O2. The second-order valence-electron chi connectivity index (χ2n) is 6.78. The predicted molar refractivity (Wildman–Crippen MR) is 90.6 cm³/mol. The summed E-state index contributed by atoms with van der Waals surface area (Å²) in [4.78, 5) is 26.2. The number of amides is 2. The van der Waals surface area contributed by atoms with Crippen LogP contribution in [0.25, 0.3) is 0 Å². The molecule has 0 spiro atoms. The zero-order chi connectivity index (χ0) is 18.1. The maximum atomic E-state index is 13.1. The molecule has 0 bridgehead atoms. The van der Waals surface area contributed by atoms with Gasteiger partial charge in [0.05, 0.1) is 24.5 Å². The molecule has 26 heavy (non-hydrogen) atoms. The molecule has 2 aromatic rings. The Balaban J connectivity index is 1.42. The molecule has 0 unspecified atom stereocenters. The fourth-order valence-corrected chi connectivity index (χ4v) is 3.10. The van der Waals surface area contributed by atoms with Gasteiger partial charge in [-0.05, 0) is 37.1 Å². The number of aryl methyl sites for hydroxylation is 1. The number of hydrogen-bond donors (Lipinski definition) is 1. The first kappa shape index (κ1) is 16.7. The molecule has 1 saturated carbocycles. The smallest absolute Gasteiger partial charge is 0.254 e. The standard InChI is InChI=1S/C18H20FN5O2/c19-13-3-1-12(2-4-13)18(26)23-9-10-24-16(11-23)15(21-22-24)7-8-17(25)20-14-5-6-14/h1-4,14H,5-11H2,(H,20,25). The van der Waals surface area contributed by atoms with Crippen LogP contribution in [0.1, 0.15) is 41.0 Å². The van der Waals surface area contributed by atoms with E-state index in [1.54, 1.807) is 9.58 Å². The number of benzene rings is 1. The molecule has 2 heterocycles. The Bertz CT molecular complexity index is 829. The summed E-state index contributed by atoms with van der Waals surface area (Å²) in [6, 6.07) is 5.90. The molecule has 1 aliphatic carbocycles.